The maximum atomic E-state index is 12.4. The highest BCUT2D eigenvalue weighted by Gasteiger charge is 2.13. The van der Waals surface area contributed by atoms with Gasteiger partial charge in [-0.1, -0.05) is 11.6 Å². The molecule has 0 unspecified atom stereocenters. The molecular weight excluding hydrogens is 330 g/mol. The number of anilines is 1. The van der Waals surface area contributed by atoms with Gasteiger partial charge >= 0.3 is 0 Å². The minimum Gasteiger partial charge on any atom is -0.493 e. The summed E-state index contributed by atoms with van der Waals surface area (Å²) in [7, 11) is 3.04. The lowest BCUT2D eigenvalue weighted by atomic mass is 10.2. The van der Waals surface area contributed by atoms with E-state index in [1.807, 2.05) is 13.8 Å². The second-order valence-corrected chi connectivity index (χ2v) is 5.74. The van der Waals surface area contributed by atoms with Crippen LogP contribution in [-0.2, 0) is 0 Å². The minimum absolute atomic E-state index is 0.0789. The van der Waals surface area contributed by atoms with E-state index in [0.29, 0.717) is 33.5 Å². The summed E-state index contributed by atoms with van der Waals surface area (Å²) in [5, 5.41) is 3.13. The van der Waals surface area contributed by atoms with E-state index in [1.54, 1.807) is 36.4 Å². The van der Waals surface area contributed by atoms with E-state index in [9.17, 15) is 4.79 Å². The quantitative estimate of drug-likeness (QED) is 0.840. The van der Waals surface area contributed by atoms with E-state index in [4.69, 9.17) is 25.8 Å². The van der Waals surface area contributed by atoms with Gasteiger partial charge in [0.15, 0.2) is 11.5 Å². The Bertz CT molecular complexity index is 714. The Balaban J connectivity index is 2.17. The molecule has 1 amide bonds. The van der Waals surface area contributed by atoms with Gasteiger partial charge in [-0.3, -0.25) is 4.79 Å². The van der Waals surface area contributed by atoms with Crippen LogP contribution in [0.2, 0.25) is 5.02 Å². The largest absolute Gasteiger partial charge is 0.493 e. The summed E-state index contributed by atoms with van der Waals surface area (Å²) in [5.74, 6) is 1.42. The lowest BCUT2D eigenvalue weighted by molar-refractivity contribution is 0.102. The van der Waals surface area contributed by atoms with E-state index in [0.717, 1.165) is 0 Å². The van der Waals surface area contributed by atoms with E-state index in [1.165, 1.54) is 14.2 Å². The number of hydrogen-bond donors (Lipinski definition) is 1. The van der Waals surface area contributed by atoms with Crippen LogP contribution in [0.5, 0.6) is 17.2 Å². The molecule has 2 rings (SSSR count). The van der Waals surface area contributed by atoms with E-state index in [-0.39, 0.29) is 12.0 Å². The number of benzene rings is 2. The third kappa shape index (κ3) is 4.32. The first kappa shape index (κ1) is 17.9. The van der Waals surface area contributed by atoms with Gasteiger partial charge in [-0.25, -0.2) is 0 Å². The van der Waals surface area contributed by atoms with Gasteiger partial charge < -0.3 is 19.5 Å². The molecule has 2 aromatic rings. The zero-order valence-electron chi connectivity index (χ0n) is 14.1. The topological polar surface area (TPSA) is 56.8 Å². The molecule has 0 heterocycles. The Morgan fingerprint density at radius 1 is 1.04 bits per heavy atom. The monoisotopic (exact) mass is 349 g/mol. The molecule has 0 atom stereocenters. The molecule has 0 aromatic heterocycles. The Kier molecular flexibility index (Phi) is 5.93. The minimum atomic E-state index is -0.278. The van der Waals surface area contributed by atoms with Gasteiger partial charge in [0, 0.05) is 17.7 Å². The third-order valence-corrected chi connectivity index (χ3v) is 3.52. The standard InChI is InChI=1S/C18H20ClNO4/c1-11(2)24-13-7-5-12(6-8-13)18(21)20-15-10-17(23-4)16(22-3)9-14(15)19/h5-11H,1-4H3,(H,20,21). The first-order chi connectivity index (χ1) is 11.4. The average Bonchev–Trinajstić information content (AvgIpc) is 2.56. The summed E-state index contributed by atoms with van der Waals surface area (Å²) in [5.41, 5.74) is 0.943. The van der Waals surface area contributed by atoms with Crippen molar-refractivity contribution in [1.29, 1.82) is 0 Å². The Labute approximate surface area is 146 Å². The summed E-state index contributed by atoms with van der Waals surface area (Å²) in [6.45, 7) is 3.89. The molecular formula is C18H20ClNO4. The van der Waals surface area contributed by atoms with Gasteiger partial charge in [0.2, 0.25) is 0 Å². The molecule has 0 saturated carbocycles. The lowest BCUT2D eigenvalue weighted by Gasteiger charge is -2.13. The molecule has 0 aliphatic heterocycles. The number of rotatable bonds is 6. The zero-order chi connectivity index (χ0) is 17.7. The number of ether oxygens (including phenoxy) is 3. The van der Waals surface area contributed by atoms with Gasteiger partial charge in [-0.15, -0.1) is 0 Å². The summed E-state index contributed by atoms with van der Waals surface area (Å²) in [6.07, 6.45) is 0.0789. The molecule has 2 aromatic carbocycles. The van der Waals surface area contributed by atoms with Crippen molar-refractivity contribution >= 4 is 23.2 Å². The molecule has 0 aliphatic carbocycles. The normalized spacial score (nSPS) is 10.4. The Morgan fingerprint density at radius 2 is 1.62 bits per heavy atom. The summed E-state index contributed by atoms with van der Waals surface area (Å²) in [4.78, 5) is 12.4. The van der Waals surface area contributed by atoms with Crippen molar-refractivity contribution in [1.82, 2.24) is 0 Å². The molecule has 0 saturated heterocycles. The average molecular weight is 350 g/mol. The summed E-state index contributed by atoms with van der Waals surface area (Å²) >= 11 is 6.18. The summed E-state index contributed by atoms with van der Waals surface area (Å²) in [6, 6.07) is 10.1. The number of halogens is 1. The number of hydrogen-bond acceptors (Lipinski definition) is 4. The van der Waals surface area contributed by atoms with Crippen LogP contribution in [0.1, 0.15) is 24.2 Å². The van der Waals surface area contributed by atoms with Crippen LogP contribution < -0.4 is 19.5 Å². The van der Waals surface area contributed by atoms with Crippen molar-refractivity contribution in [2.24, 2.45) is 0 Å². The van der Waals surface area contributed by atoms with Crippen molar-refractivity contribution in [3.8, 4) is 17.2 Å². The third-order valence-electron chi connectivity index (χ3n) is 3.21. The van der Waals surface area contributed by atoms with Crippen LogP contribution in [-0.4, -0.2) is 26.2 Å². The van der Waals surface area contributed by atoms with Crippen LogP contribution in [0.3, 0.4) is 0 Å². The molecule has 0 aliphatic rings. The highest BCUT2D eigenvalue weighted by molar-refractivity contribution is 6.34. The predicted octanol–water partition coefficient (Wildman–Crippen LogP) is 4.40. The van der Waals surface area contributed by atoms with Gasteiger partial charge in [-0.2, -0.15) is 0 Å². The van der Waals surface area contributed by atoms with E-state index < -0.39 is 0 Å². The van der Waals surface area contributed by atoms with Crippen molar-refractivity contribution in [2.75, 3.05) is 19.5 Å². The van der Waals surface area contributed by atoms with Gasteiger partial charge in [0.1, 0.15) is 5.75 Å². The predicted molar refractivity (Wildman–Crippen MR) is 94.7 cm³/mol. The molecule has 5 nitrogen and oxygen atoms in total. The molecule has 0 bridgehead atoms. The van der Waals surface area contributed by atoms with Gasteiger partial charge in [0.05, 0.1) is 31.0 Å². The number of amides is 1. The smallest absolute Gasteiger partial charge is 0.255 e. The van der Waals surface area contributed by atoms with Crippen LogP contribution in [0.25, 0.3) is 0 Å². The maximum absolute atomic E-state index is 12.4. The molecule has 24 heavy (non-hydrogen) atoms. The van der Waals surface area contributed by atoms with Crippen LogP contribution >= 0.6 is 11.6 Å². The van der Waals surface area contributed by atoms with E-state index >= 15 is 0 Å². The number of nitrogens with one attached hydrogen (secondary N) is 1. The SMILES string of the molecule is COc1cc(Cl)c(NC(=O)c2ccc(OC(C)C)cc2)cc1OC. The Morgan fingerprint density at radius 3 is 2.17 bits per heavy atom. The molecule has 0 radical (unpaired) electrons. The fraction of sp³-hybridized carbons (Fsp3) is 0.278. The second kappa shape index (κ2) is 7.93. The first-order valence-electron chi connectivity index (χ1n) is 7.44. The van der Waals surface area contributed by atoms with Gasteiger partial charge in [0.25, 0.3) is 5.91 Å². The highest BCUT2D eigenvalue weighted by Crippen LogP contribution is 2.36. The maximum Gasteiger partial charge on any atom is 0.255 e. The van der Waals surface area contributed by atoms with Crippen molar-refractivity contribution in [3.05, 3.63) is 47.0 Å². The van der Waals surface area contributed by atoms with Crippen LogP contribution in [0.15, 0.2) is 36.4 Å². The van der Waals surface area contributed by atoms with Crippen molar-refractivity contribution < 1.29 is 19.0 Å². The number of methoxy groups -OCH3 is 2. The Hall–Kier alpha value is -2.40. The summed E-state index contributed by atoms with van der Waals surface area (Å²) < 4.78 is 15.9. The molecule has 0 fully saturated rings. The van der Waals surface area contributed by atoms with Crippen molar-refractivity contribution in [2.45, 2.75) is 20.0 Å². The molecule has 1 N–H and O–H groups in total. The lowest BCUT2D eigenvalue weighted by Crippen LogP contribution is -2.12. The first-order valence-corrected chi connectivity index (χ1v) is 7.82. The highest BCUT2D eigenvalue weighted by atomic mass is 35.5. The number of carbonyl (C=O) groups excluding carboxylic acids is 1. The number of carbonyl (C=O) groups is 1. The van der Waals surface area contributed by atoms with Crippen molar-refractivity contribution in [3.63, 3.8) is 0 Å². The van der Waals surface area contributed by atoms with E-state index in [2.05, 4.69) is 5.32 Å². The van der Waals surface area contributed by atoms with Crippen LogP contribution in [0, 0.1) is 0 Å². The van der Waals surface area contributed by atoms with Crippen LogP contribution in [0.4, 0.5) is 5.69 Å². The zero-order valence-corrected chi connectivity index (χ0v) is 14.8. The molecule has 128 valence electrons. The van der Waals surface area contributed by atoms with Gasteiger partial charge in [-0.05, 0) is 38.1 Å². The molecule has 6 heteroatoms. The fourth-order valence-corrected chi connectivity index (χ4v) is 2.30. The second-order valence-electron chi connectivity index (χ2n) is 5.33. The fourth-order valence-electron chi connectivity index (χ4n) is 2.10. The molecule has 0 spiro atoms.